The van der Waals surface area contributed by atoms with Gasteiger partial charge in [0.25, 0.3) is 0 Å². The minimum atomic E-state index is -0.645. The molecule has 3 rings (SSSR count). The Morgan fingerprint density at radius 1 is 1.53 bits per heavy atom. The highest BCUT2D eigenvalue weighted by atomic mass is 35.5. The third-order valence-corrected chi connectivity index (χ3v) is 4.96. The molecule has 3 heterocycles. The maximum atomic E-state index is 9.83. The quantitative estimate of drug-likeness (QED) is 0.811. The fourth-order valence-corrected chi connectivity index (χ4v) is 4.02. The van der Waals surface area contributed by atoms with Crippen LogP contribution in [0.15, 0.2) is 12.1 Å². The molecule has 1 aliphatic heterocycles. The number of hydrogen-bond donors (Lipinski definition) is 3. The first kappa shape index (κ1) is 13.4. The molecule has 0 amide bonds. The van der Waals surface area contributed by atoms with Crippen LogP contribution in [0.5, 0.6) is 0 Å². The number of likely N-dealkylation sites (tertiary alicyclic amines) is 1. The lowest BCUT2D eigenvalue weighted by Crippen LogP contribution is -2.40. The number of halogens is 1. The van der Waals surface area contributed by atoms with Gasteiger partial charge in [-0.2, -0.15) is 0 Å². The van der Waals surface area contributed by atoms with Gasteiger partial charge in [0.15, 0.2) is 0 Å². The molecule has 1 saturated heterocycles. The number of aliphatic hydroxyl groups is 2. The monoisotopic (exact) mass is 300 g/mol. The molecule has 6 heteroatoms. The van der Waals surface area contributed by atoms with Crippen LogP contribution in [0.1, 0.15) is 18.5 Å². The van der Waals surface area contributed by atoms with E-state index in [2.05, 4.69) is 16.0 Å². The van der Waals surface area contributed by atoms with E-state index in [9.17, 15) is 5.11 Å². The second-order valence-corrected chi connectivity index (χ2v) is 6.77. The van der Waals surface area contributed by atoms with E-state index in [4.69, 9.17) is 16.7 Å². The minimum absolute atomic E-state index is 0.0647. The molecule has 2 aromatic rings. The molecule has 19 heavy (non-hydrogen) atoms. The third kappa shape index (κ3) is 2.66. The van der Waals surface area contributed by atoms with E-state index in [1.807, 2.05) is 6.07 Å². The highest BCUT2D eigenvalue weighted by Gasteiger charge is 2.30. The Bertz CT molecular complexity index is 536. The van der Waals surface area contributed by atoms with Crippen LogP contribution in [0.3, 0.4) is 0 Å². The standard InChI is InChI=1S/C13H17ClN2O2S/c14-13-5-9-12(19-13)4-8(15-9)6-16-3-1-2-10(16)11(18)7-17/h4-5,10-11,15,17-18H,1-3,6-7H2. The minimum Gasteiger partial charge on any atom is -0.394 e. The van der Waals surface area contributed by atoms with E-state index in [-0.39, 0.29) is 12.6 Å². The fourth-order valence-electron chi connectivity index (χ4n) is 2.86. The molecule has 0 aliphatic carbocycles. The highest BCUT2D eigenvalue weighted by Crippen LogP contribution is 2.31. The zero-order chi connectivity index (χ0) is 13.4. The van der Waals surface area contributed by atoms with E-state index in [0.717, 1.165) is 41.5 Å². The van der Waals surface area contributed by atoms with Crippen molar-refractivity contribution in [2.75, 3.05) is 13.2 Å². The van der Waals surface area contributed by atoms with E-state index < -0.39 is 6.10 Å². The first-order valence-electron chi connectivity index (χ1n) is 6.47. The smallest absolute Gasteiger partial charge is 0.0956 e. The number of thiophene rings is 1. The van der Waals surface area contributed by atoms with Crippen molar-refractivity contribution in [1.29, 1.82) is 0 Å². The Morgan fingerprint density at radius 3 is 3.11 bits per heavy atom. The molecule has 2 aromatic heterocycles. The van der Waals surface area contributed by atoms with Crippen molar-refractivity contribution in [2.45, 2.75) is 31.5 Å². The van der Waals surface area contributed by atoms with Crippen LogP contribution < -0.4 is 0 Å². The van der Waals surface area contributed by atoms with E-state index >= 15 is 0 Å². The number of aromatic nitrogens is 1. The topological polar surface area (TPSA) is 59.5 Å². The van der Waals surface area contributed by atoms with Gasteiger partial charge in [-0.05, 0) is 31.5 Å². The van der Waals surface area contributed by atoms with E-state index in [1.165, 1.54) is 4.70 Å². The summed E-state index contributed by atoms with van der Waals surface area (Å²) < 4.78 is 1.96. The average Bonchev–Trinajstić information content (AvgIpc) is 3.03. The molecule has 2 atom stereocenters. The van der Waals surface area contributed by atoms with Crippen LogP contribution in [0.2, 0.25) is 4.34 Å². The average molecular weight is 301 g/mol. The largest absolute Gasteiger partial charge is 0.394 e. The molecule has 0 spiro atoms. The van der Waals surface area contributed by atoms with Crippen LogP contribution in [0, 0.1) is 0 Å². The fraction of sp³-hybridized carbons (Fsp3) is 0.538. The summed E-state index contributed by atoms with van der Waals surface area (Å²) in [7, 11) is 0. The highest BCUT2D eigenvalue weighted by molar-refractivity contribution is 7.22. The van der Waals surface area contributed by atoms with Gasteiger partial charge in [0, 0.05) is 18.3 Å². The molecular weight excluding hydrogens is 284 g/mol. The number of nitrogens with one attached hydrogen (secondary N) is 1. The van der Waals surface area contributed by atoms with Crippen molar-refractivity contribution in [3.8, 4) is 0 Å². The molecular formula is C13H17ClN2O2S. The lowest BCUT2D eigenvalue weighted by atomic mass is 10.1. The molecule has 1 aliphatic rings. The van der Waals surface area contributed by atoms with Crippen LogP contribution in [-0.2, 0) is 6.54 Å². The Hall–Kier alpha value is -0.590. The summed E-state index contributed by atoms with van der Waals surface area (Å²) in [6, 6.07) is 4.12. The van der Waals surface area contributed by atoms with Gasteiger partial charge in [-0.15, -0.1) is 11.3 Å². The zero-order valence-electron chi connectivity index (χ0n) is 10.5. The predicted octanol–water partition coefficient (Wildman–Crippen LogP) is 2.20. The van der Waals surface area contributed by atoms with Gasteiger partial charge in [-0.3, -0.25) is 4.90 Å². The normalized spacial score (nSPS) is 22.4. The maximum Gasteiger partial charge on any atom is 0.0956 e. The van der Waals surface area contributed by atoms with Gasteiger partial charge in [0.2, 0.25) is 0 Å². The summed E-state index contributed by atoms with van der Waals surface area (Å²) in [5.74, 6) is 0. The second-order valence-electron chi connectivity index (χ2n) is 5.05. The summed E-state index contributed by atoms with van der Waals surface area (Å²) >= 11 is 7.53. The number of aromatic amines is 1. The van der Waals surface area contributed by atoms with Crippen molar-refractivity contribution < 1.29 is 10.2 Å². The predicted molar refractivity (Wildman–Crippen MR) is 77.7 cm³/mol. The summed E-state index contributed by atoms with van der Waals surface area (Å²) in [5.41, 5.74) is 2.21. The number of hydrogen-bond acceptors (Lipinski definition) is 4. The summed E-state index contributed by atoms with van der Waals surface area (Å²) in [6.45, 7) is 1.58. The molecule has 0 bridgehead atoms. The van der Waals surface area contributed by atoms with Gasteiger partial charge >= 0.3 is 0 Å². The Balaban J connectivity index is 1.74. The second kappa shape index (κ2) is 5.42. The third-order valence-electron chi connectivity index (χ3n) is 3.75. The number of aliphatic hydroxyl groups excluding tert-OH is 2. The van der Waals surface area contributed by atoms with Crippen LogP contribution in [0.25, 0.3) is 10.2 Å². The molecule has 4 nitrogen and oxygen atoms in total. The van der Waals surface area contributed by atoms with Crippen LogP contribution >= 0.6 is 22.9 Å². The van der Waals surface area contributed by atoms with Gasteiger partial charge in [0.05, 0.1) is 27.3 Å². The molecule has 0 radical (unpaired) electrons. The van der Waals surface area contributed by atoms with Gasteiger partial charge in [-0.1, -0.05) is 11.6 Å². The number of fused-ring (bicyclic) bond motifs is 1. The van der Waals surface area contributed by atoms with Crippen molar-refractivity contribution in [3.05, 3.63) is 22.2 Å². The Kier molecular flexibility index (Phi) is 3.82. The molecule has 0 saturated carbocycles. The van der Waals surface area contributed by atoms with Crippen molar-refractivity contribution in [1.82, 2.24) is 9.88 Å². The Labute approximate surface area is 120 Å². The van der Waals surface area contributed by atoms with Gasteiger partial charge in [0.1, 0.15) is 0 Å². The van der Waals surface area contributed by atoms with Gasteiger partial charge < -0.3 is 15.2 Å². The number of nitrogens with zero attached hydrogens (tertiary/aromatic N) is 1. The molecule has 1 fully saturated rings. The van der Waals surface area contributed by atoms with Crippen molar-refractivity contribution in [3.63, 3.8) is 0 Å². The first-order valence-corrected chi connectivity index (χ1v) is 7.66. The summed E-state index contributed by atoms with van der Waals surface area (Å²) in [5, 5.41) is 18.9. The number of rotatable bonds is 4. The summed E-state index contributed by atoms with van der Waals surface area (Å²) in [4.78, 5) is 5.59. The lowest BCUT2D eigenvalue weighted by Gasteiger charge is -2.27. The molecule has 0 aromatic carbocycles. The van der Waals surface area contributed by atoms with Crippen LogP contribution in [0.4, 0.5) is 0 Å². The van der Waals surface area contributed by atoms with Crippen molar-refractivity contribution >= 4 is 33.2 Å². The number of H-pyrrole nitrogens is 1. The SMILES string of the molecule is OCC(O)C1CCCN1Cc1cc2sc(Cl)cc2[nH]1. The lowest BCUT2D eigenvalue weighted by molar-refractivity contribution is 0.0247. The van der Waals surface area contributed by atoms with Crippen LogP contribution in [-0.4, -0.2) is 45.4 Å². The Morgan fingerprint density at radius 2 is 2.37 bits per heavy atom. The molecule has 104 valence electrons. The van der Waals surface area contributed by atoms with E-state index in [1.54, 1.807) is 11.3 Å². The van der Waals surface area contributed by atoms with Crippen molar-refractivity contribution in [2.24, 2.45) is 0 Å². The zero-order valence-corrected chi connectivity index (χ0v) is 12.0. The van der Waals surface area contributed by atoms with E-state index in [0.29, 0.717) is 0 Å². The first-order chi connectivity index (χ1) is 9.17. The summed E-state index contributed by atoms with van der Waals surface area (Å²) in [6.07, 6.45) is 1.37. The van der Waals surface area contributed by atoms with Gasteiger partial charge in [-0.25, -0.2) is 0 Å². The maximum absolute atomic E-state index is 9.83. The molecule has 3 N–H and O–H groups in total. The molecule has 2 unspecified atom stereocenters.